The lowest BCUT2D eigenvalue weighted by atomic mass is 10.2. The second-order valence-corrected chi connectivity index (χ2v) is 8.65. The quantitative estimate of drug-likeness (QED) is 0.268. The van der Waals surface area contributed by atoms with Crippen LogP contribution < -0.4 is 15.0 Å². The zero-order chi connectivity index (χ0) is 24.8. The number of nitrogens with zero attached hydrogens (tertiary/aromatic N) is 5. The van der Waals surface area contributed by atoms with Gasteiger partial charge in [0, 0.05) is 13.1 Å². The van der Waals surface area contributed by atoms with Gasteiger partial charge in [0.25, 0.3) is 5.69 Å². The molecule has 1 aliphatic heterocycles. The summed E-state index contributed by atoms with van der Waals surface area (Å²) in [6.07, 6.45) is 0. The van der Waals surface area contributed by atoms with Gasteiger partial charge in [-0.05, 0) is 37.6 Å². The van der Waals surface area contributed by atoms with E-state index >= 15 is 0 Å². The Morgan fingerprint density at radius 1 is 1.23 bits per heavy atom. The molecule has 1 aromatic heterocycles. The van der Waals surface area contributed by atoms with E-state index in [1.807, 2.05) is 35.8 Å². The lowest BCUT2D eigenvalue weighted by Gasteiger charge is -2.28. The number of aromatic nitrogens is 3. The fraction of sp³-hybridized carbons (Fsp3) is 0.348. The number of nitrogens with one attached hydrogen (secondary N) is 1. The van der Waals surface area contributed by atoms with Crippen LogP contribution in [0.1, 0.15) is 12.5 Å². The molecule has 1 fully saturated rings. The van der Waals surface area contributed by atoms with Gasteiger partial charge < -0.3 is 19.7 Å². The highest BCUT2D eigenvalue weighted by molar-refractivity contribution is 7.99. The summed E-state index contributed by atoms with van der Waals surface area (Å²) in [5.74, 6) is 0.660. The van der Waals surface area contributed by atoms with Crippen molar-refractivity contribution in [3.63, 3.8) is 0 Å². The van der Waals surface area contributed by atoms with E-state index in [4.69, 9.17) is 9.47 Å². The van der Waals surface area contributed by atoms with Gasteiger partial charge in [-0.3, -0.25) is 19.5 Å². The average Bonchev–Trinajstić information content (AvgIpc) is 3.28. The molecule has 184 valence electrons. The van der Waals surface area contributed by atoms with Crippen molar-refractivity contribution in [1.82, 2.24) is 14.8 Å². The molecular formula is C23H26N6O5S. The van der Waals surface area contributed by atoms with Crippen LogP contribution in [0.4, 0.5) is 17.3 Å². The van der Waals surface area contributed by atoms with Crippen molar-refractivity contribution in [3.8, 4) is 11.4 Å². The number of thioether (sulfide) groups is 1. The van der Waals surface area contributed by atoms with Gasteiger partial charge in [0.05, 0.1) is 42.3 Å². The van der Waals surface area contributed by atoms with Crippen LogP contribution in [0.15, 0.2) is 47.6 Å². The fourth-order valence-corrected chi connectivity index (χ4v) is 4.43. The fourth-order valence-electron chi connectivity index (χ4n) is 3.69. The molecule has 0 bridgehead atoms. The van der Waals surface area contributed by atoms with E-state index < -0.39 is 10.8 Å². The largest absolute Gasteiger partial charge is 0.494 e. The van der Waals surface area contributed by atoms with Gasteiger partial charge in [-0.2, -0.15) is 0 Å². The lowest BCUT2D eigenvalue weighted by molar-refractivity contribution is -0.384. The van der Waals surface area contributed by atoms with Crippen LogP contribution in [0.3, 0.4) is 0 Å². The molecule has 0 spiro atoms. The van der Waals surface area contributed by atoms with Crippen LogP contribution >= 0.6 is 11.8 Å². The Bertz CT molecular complexity index is 1210. The summed E-state index contributed by atoms with van der Waals surface area (Å²) < 4.78 is 12.7. The molecule has 2 aromatic carbocycles. The minimum atomic E-state index is -0.547. The molecule has 3 aromatic rings. The number of hydrogen-bond acceptors (Lipinski definition) is 9. The van der Waals surface area contributed by atoms with Gasteiger partial charge in [-0.25, -0.2) is 0 Å². The Kier molecular flexibility index (Phi) is 7.83. The normalized spacial score (nSPS) is 13.5. The molecule has 0 radical (unpaired) electrons. The number of morpholine rings is 1. The maximum Gasteiger partial charge on any atom is 0.296 e. The van der Waals surface area contributed by atoms with E-state index in [9.17, 15) is 14.9 Å². The van der Waals surface area contributed by atoms with Crippen LogP contribution in [0.25, 0.3) is 5.69 Å². The molecule has 0 saturated carbocycles. The maximum atomic E-state index is 12.7. The average molecular weight is 499 g/mol. The third-order valence-electron chi connectivity index (χ3n) is 5.35. The van der Waals surface area contributed by atoms with Crippen molar-refractivity contribution in [1.29, 1.82) is 0 Å². The predicted octanol–water partition coefficient (Wildman–Crippen LogP) is 3.45. The van der Waals surface area contributed by atoms with Gasteiger partial charge >= 0.3 is 0 Å². The molecule has 0 aliphatic carbocycles. The molecule has 0 atom stereocenters. The molecular weight excluding hydrogens is 472 g/mol. The number of benzene rings is 2. The van der Waals surface area contributed by atoms with Crippen LogP contribution in [0, 0.1) is 17.0 Å². The van der Waals surface area contributed by atoms with Crippen molar-refractivity contribution < 1.29 is 19.2 Å². The van der Waals surface area contributed by atoms with Gasteiger partial charge in [0.15, 0.2) is 5.16 Å². The number of amides is 1. The van der Waals surface area contributed by atoms with E-state index in [0.29, 0.717) is 49.8 Å². The number of nitro groups is 1. The molecule has 1 aliphatic rings. The Morgan fingerprint density at radius 2 is 2.00 bits per heavy atom. The van der Waals surface area contributed by atoms with E-state index in [-0.39, 0.29) is 17.1 Å². The number of nitro benzene ring substituents is 1. The number of ether oxygens (including phenoxy) is 2. The van der Waals surface area contributed by atoms with Crippen molar-refractivity contribution in [2.75, 3.05) is 48.9 Å². The maximum absolute atomic E-state index is 12.7. The van der Waals surface area contributed by atoms with E-state index in [1.54, 1.807) is 13.0 Å². The highest BCUT2D eigenvalue weighted by atomic mass is 32.2. The number of carbonyl (C=O) groups is 1. The van der Waals surface area contributed by atoms with Crippen molar-refractivity contribution >= 4 is 35.0 Å². The van der Waals surface area contributed by atoms with Gasteiger partial charge in [0.2, 0.25) is 11.9 Å². The molecule has 1 amide bonds. The summed E-state index contributed by atoms with van der Waals surface area (Å²) in [6, 6.07) is 12.2. The lowest BCUT2D eigenvalue weighted by Crippen LogP contribution is -2.38. The zero-order valence-corrected chi connectivity index (χ0v) is 20.3. The minimum absolute atomic E-state index is 0.00249. The second kappa shape index (κ2) is 11.2. The number of carbonyl (C=O) groups excluding carboxylic acids is 1. The Balaban J connectivity index is 1.54. The zero-order valence-electron chi connectivity index (χ0n) is 19.5. The molecule has 0 unspecified atom stereocenters. The smallest absolute Gasteiger partial charge is 0.296 e. The number of aryl methyl sites for hydroxylation is 1. The molecule has 4 rings (SSSR count). The molecule has 2 heterocycles. The molecule has 1 N–H and O–H groups in total. The summed E-state index contributed by atoms with van der Waals surface area (Å²) in [5.41, 5.74) is 1.84. The predicted molar refractivity (Wildman–Crippen MR) is 133 cm³/mol. The Hall–Kier alpha value is -3.64. The van der Waals surface area contributed by atoms with E-state index in [1.165, 1.54) is 23.9 Å². The number of para-hydroxylation sites is 1. The highest BCUT2D eigenvalue weighted by Crippen LogP contribution is 2.31. The third-order valence-corrected chi connectivity index (χ3v) is 6.28. The summed E-state index contributed by atoms with van der Waals surface area (Å²) in [6.45, 7) is 6.77. The van der Waals surface area contributed by atoms with Gasteiger partial charge in [-0.1, -0.05) is 30.0 Å². The molecule has 11 nitrogen and oxygen atoms in total. The van der Waals surface area contributed by atoms with Crippen molar-refractivity contribution in [2.24, 2.45) is 0 Å². The Labute approximate surface area is 206 Å². The first-order chi connectivity index (χ1) is 17.0. The SMILES string of the molecule is CCOc1ccc(NC(=O)CSc2nnc(N3CCOCC3)n2-c2ccccc2C)c([N+](=O)[O-])c1. The molecule has 12 heteroatoms. The number of hydrogen-bond donors (Lipinski definition) is 1. The van der Waals surface area contributed by atoms with Crippen LogP contribution in [0.2, 0.25) is 0 Å². The first-order valence-corrected chi connectivity index (χ1v) is 12.1. The van der Waals surface area contributed by atoms with Crippen molar-refractivity contribution in [2.45, 2.75) is 19.0 Å². The third kappa shape index (κ3) is 5.72. The van der Waals surface area contributed by atoms with Gasteiger partial charge in [0.1, 0.15) is 11.4 Å². The van der Waals surface area contributed by atoms with Crippen LogP contribution in [-0.4, -0.2) is 64.3 Å². The molecule has 1 saturated heterocycles. The second-order valence-electron chi connectivity index (χ2n) is 7.71. The minimum Gasteiger partial charge on any atom is -0.494 e. The first-order valence-electron chi connectivity index (χ1n) is 11.2. The number of anilines is 2. The monoisotopic (exact) mass is 498 g/mol. The molecule has 35 heavy (non-hydrogen) atoms. The van der Waals surface area contributed by atoms with Crippen LogP contribution in [0.5, 0.6) is 5.75 Å². The summed E-state index contributed by atoms with van der Waals surface area (Å²) in [4.78, 5) is 25.8. The van der Waals surface area contributed by atoms with Crippen molar-refractivity contribution in [3.05, 3.63) is 58.1 Å². The van der Waals surface area contributed by atoms with Crippen LogP contribution in [-0.2, 0) is 9.53 Å². The van der Waals surface area contributed by atoms with Gasteiger partial charge in [-0.15, -0.1) is 10.2 Å². The summed E-state index contributed by atoms with van der Waals surface area (Å²) in [5, 5.41) is 23.4. The standard InChI is InChI=1S/C23H26N6O5S/c1-3-34-17-8-9-18(20(14-17)29(31)32)24-21(30)15-35-23-26-25-22(27-10-12-33-13-11-27)28(23)19-7-5-4-6-16(19)2/h4-9,14H,3,10-13,15H2,1-2H3,(H,24,30). The van der Waals surface area contributed by atoms with E-state index in [2.05, 4.69) is 20.4 Å². The first kappa shape index (κ1) is 24.5. The number of rotatable bonds is 9. The Morgan fingerprint density at radius 3 is 2.71 bits per heavy atom. The van der Waals surface area contributed by atoms with E-state index in [0.717, 1.165) is 11.3 Å². The topological polar surface area (TPSA) is 125 Å². The summed E-state index contributed by atoms with van der Waals surface area (Å²) >= 11 is 1.21. The summed E-state index contributed by atoms with van der Waals surface area (Å²) in [7, 11) is 0. The highest BCUT2D eigenvalue weighted by Gasteiger charge is 2.24.